The van der Waals surface area contributed by atoms with Crippen molar-refractivity contribution in [2.24, 2.45) is 5.92 Å². The fourth-order valence-corrected chi connectivity index (χ4v) is 3.46. The van der Waals surface area contributed by atoms with Crippen LogP contribution in [0.15, 0.2) is 63.7 Å². The molecular formula is C20H19BrN4O2. The summed E-state index contributed by atoms with van der Waals surface area (Å²) in [4.78, 5) is 14.7. The maximum Gasteiger partial charge on any atom is 0.227 e. The molecule has 1 N–H and O–H groups in total. The van der Waals surface area contributed by atoms with E-state index in [4.69, 9.17) is 4.42 Å². The van der Waals surface area contributed by atoms with Crippen LogP contribution in [0.4, 0.5) is 11.5 Å². The Morgan fingerprint density at radius 1 is 1.07 bits per heavy atom. The van der Waals surface area contributed by atoms with E-state index in [1.165, 1.54) is 0 Å². The van der Waals surface area contributed by atoms with E-state index in [2.05, 4.69) is 36.3 Å². The van der Waals surface area contributed by atoms with Crippen LogP contribution in [0.25, 0.3) is 11.5 Å². The first kappa shape index (κ1) is 17.7. The minimum atomic E-state index is 0.0141. The summed E-state index contributed by atoms with van der Waals surface area (Å²) in [6.45, 7) is 1.57. The fourth-order valence-electron chi connectivity index (χ4n) is 3.20. The van der Waals surface area contributed by atoms with Crippen molar-refractivity contribution in [3.05, 3.63) is 59.3 Å². The van der Waals surface area contributed by atoms with Crippen LogP contribution < -0.4 is 10.2 Å². The van der Waals surface area contributed by atoms with Gasteiger partial charge in [-0.2, -0.15) is 0 Å². The van der Waals surface area contributed by atoms with Gasteiger partial charge in [0.2, 0.25) is 5.91 Å². The minimum Gasteiger partial charge on any atom is -0.463 e. The van der Waals surface area contributed by atoms with Gasteiger partial charge in [0.15, 0.2) is 11.6 Å². The first-order valence-electron chi connectivity index (χ1n) is 8.88. The Hall–Kier alpha value is -2.67. The molecule has 1 amide bonds. The lowest BCUT2D eigenvalue weighted by Crippen LogP contribution is -2.38. The van der Waals surface area contributed by atoms with Gasteiger partial charge in [-0.1, -0.05) is 15.9 Å². The molecule has 0 radical (unpaired) electrons. The number of anilines is 2. The van der Waals surface area contributed by atoms with E-state index < -0.39 is 0 Å². The van der Waals surface area contributed by atoms with Crippen LogP contribution in [0, 0.1) is 5.92 Å². The number of benzene rings is 1. The smallest absolute Gasteiger partial charge is 0.227 e. The van der Waals surface area contributed by atoms with E-state index in [1.54, 1.807) is 6.26 Å². The second-order valence-electron chi connectivity index (χ2n) is 6.51. The van der Waals surface area contributed by atoms with Crippen molar-refractivity contribution in [3.63, 3.8) is 0 Å². The molecule has 0 aliphatic carbocycles. The summed E-state index contributed by atoms with van der Waals surface area (Å²) in [5.74, 6) is 1.63. The Labute approximate surface area is 165 Å². The largest absolute Gasteiger partial charge is 0.463 e. The van der Waals surface area contributed by atoms with Gasteiger partial charge in [0, 0.05) is 29.2 Å². The molecule has 1 fully saturated rings. The number of rotatable bonds is 4. The number of amides is 1. The van der Waals surface area contributed by atoms with Crippen LogP contribution in [0.2, 0.25) is 0 Å². The SMILES string of the molecule is O=C(Nc1ccc(Br)cc1)C1CCN(c2ccc(-c3ccco3)nn2)CC1. The molecule has 27 heavy (non-hydrogen) atoms. The molecule has 1 aromatic carbocycles. The normalized spacial score (nSPS) is 14.9. The maximum atomic E-state index is 12.5. The number of nitrogens with one attached hydrogen (secondary N) is 1. The molecule has 138 valence electrons. The van der Waals surface area contributed by atoms with Crippen molar-refractivity contribution in [2.45, 2.75) is 12.8 Å². The number of hydrogen-bond donors (Lipinski definition) is 1. The van der Waals surface area contributed by atoms with Crippen LogP contribution in [-0.2, 0) is 4.79 Å². The summed E-state index contributed by atoms with van der Waals surface area (Å²) >= 11 is 3.40. The molecule has 7 heteroatoms. The second kappa shape index (κ2) is 7.92. The molecule has 3 heterocycles. The summed E-state index contributed by atoms with van der Waals surface area (Å²) < 4.78 is 6.33. The molecule has 2 aromatic heterocycles. The minimum absolute atomic E-state index is 0.0141. The molecule has 1 aliphatic heterocycles. The third-order valence-electron chi connectivity index (χ3n) is 4.73. The molecule has 0 bridgehead atoms. The molecule has 1 saturated heterocycles. The Morgan fingerprint density at radius 3 is 2.48 bits per heavy atom. The third-order valence-corrected chi connectivity index (χ3v) is 5.25. The van der Waals surface area contributed by atoms with Crippen molar-refractivity contribution in [1.29, 1.82) is 0 Å². The number of nitrogens with zero attached hydrogens (tertiary/aromatic N) is 3. The molecule has 6 nitrogen and oxygen atoms in total. The number of hydrogen-bond acceptors (Lipinski definition) is 5. The number of carbonyl (C=O) groups is 1. The lowest BCUT2D eigenvalue weighted by molar-refractivity contribution is -0.120. The molecule has 0 saturated carbocycles. The Balaban J connectivity index is 1.33. The van der Waals surface area contributed by atoms with E-state index in [0.29, 0.717) is 11.5 Å². The number of aromatic nitrogens is 2. The van der Waals surface area contributed by atoms with Gasteiger partial charge in [-0.3, -0.25) is 4.79 Å². The van der Waals surface area contributed by atoms with Crippen molar-refractivity contribution >= 4 is 33.3 Å². The topological polar surface area (TPSA) is 71.3 Å². The first-order valence-corrected chi connectivity index (χ1v) is 9.67. The third kappa shape index (κ3) is 4.19. The van der Waals surface area contributed by atoms with Crippen LogP contribution in [0.3, 0.4) is 0 Å². The van der Waals surface area contributed by atoms with Gasteiger partial charge in [-0.15, -0.1) is 10.2 Å². The Morgan fingerprint density at radius 2 is 1.85 bits per heavy atom. The Bertz CT molecular complexity index is 887. The van der Waals surface area contributed by atoms with Gasteiger partial charge in [0.25, 0.3) is 0 Å². The van der Waals surface area contributed by atoms with Gasteiger partial charge in [-0.25, -0.2) is 0 Å². The van der Waals surface area contributed by atoms with E-state index in [1.807, 2.05) is 48.5 Å². The first-order chi connectivity index (χ1) is 13.2. The lowest BCUT2D eigenvalue weighted by Gasteiger charge is -2.31. The van der Waals surface area contributed by atoms with Gasteiger partial charge >= 0.3 is 0 Å². The van der Waals surface area contributed by atoms with E-state index >= 15 is 0 Å². The van der Waals surface area contributed by atoms with Crippen LogP contribution in [0.1, 0.15) is 12.8 Å². The zero-order valence-electron chi connectivity index (χ0n) is 14.6. The highest BCUT2D eigenvalue weighted by Gasteiger charge is 2.26. The van der Waals surface area contributed by atoms with Crippen LogP contribution in [-0.4, -0.2) is 29.2 Å². The average molecular weight is 427 g/mol. The Kier molecular flexibility index (Phi) is 5.20. The number of carbonyl (C=O) groups excluding carboxylic acids is 1. The van der Waals surface area contributed by atoms with Crippen LogP contribution in [0.5, 0.6) is 0 Å². The van der Waals surface area contributed by atoms with Crippen LogP contribution >= 0.6 is 15.9 Å². The van der Waals surface area contributed by atoms with Crippen molar-refractivity contribution in [2.75, 3.05) is 23.3 Å². The predicted molar refractivity (Wildman–Crippen MR) is 107 cm³/mol. The number of piperidine rings is 1. The van der Waals surface area contributed by atoms with Crippen molar-refractivity contribution < 1.29 is 9.21 Å². The highest BCUT2D eigenvalue weighted by molar-refractivity contribution is 9.10. The molecular weight excluding hydrogens is 408 g/mol. The van der Waals surface area contributed by atoms with E-state index in [-0.39, 0.29) is 11.8 Å². The monoisotopic (exact) mass is 426 g/mol. The number of furan rings is 1. The lowest BCUT2D eigenvalue weighted by atomic mass is 9.96. The fraction of sp³-hybridized carbons (Fsp3) is 0.250. The summed E-state index contributed by atoms with van der Waals surface area (Å²) in [6, 6.07) is 15.2. The predicted octanol–water partition coefficient (Wildman–Crippen LogP) is 4.35. The standard InChI is InChI=1S/C20H19BrN4O2/c21-15-3-5-16(6-4-15)22-20(26)14-9-11-25(12-10-14)19-8-7-17(23-24-19)18-2-1-13-27-18/h1-8,13-14H,9-12H2,(H,22,26). The quantitative estimate of drug-likeness (QED) is 0.670. The molecule has 4 rings (SSSR count). The second-order valence-corrected chi connectivity index (χ2v) is 7.43. The zero-order valence-corrected chi connectivity index (χ0v) is 16.2. The molecule has 0 spiro atoms. The molecule has 0 atom stereocenters. The van der Waals surface area contributed by atoms with Gasteiger partial charge in [0.1, 0.15) is 5.69 Å². The number of halogens is 1. The van der Waals surface area contributed by atoms with Crippen molar-refractivity contribution in [1.82, 2.24) is 10.2 Å². The van der Waals surface area contributed by atoms with Gasteiger partial charge in [0.05, 0.1) is 6.26 Å². The maximum absolute atomic E-state index is 12.5. The zero-order chi connectivity index (χ0) is 18.6. The highest BCUT2D eigenvalue weighted by Crippen LogP contribution is 2.25. The summed E-state index contributed by atoms with van der Waals surface area (Å²) in [6.07, 6.45) is 3.21. The molecule has 1 aliphatic rings. The van der Waals surface area contributed by atoms with E-state index in [0.717, 1.165) is 41.9 Å². The average Bonchev–Trinajstić information content (AvgIpc) is 3.25. The molecule has 0 unspecified atom stereocenters. The molecule has 3 aromatic rings. The summed E-state index contributed by atoms with van der Waals surface area (Å²) in [5.41, 5.74) is 1.54. The highest BCUT2D eigenvalue weighted by atomic mass is 79.9. The van der Waals surface area contributed by atoms with Gasteiger partial charge in [-0.05, 0) is 61.4 Å². The van der Waals surface area contributed by atoms with Gasteiger partial charge < -0.3 is 14.6 Å². The summed E-state index contributed by atoms with van der Waals surface area (Å²) in [7, 11) is 0. The summed E-state index contributed by atoms with van der Waals surface area (Å²) in [5, 5.41) is 11.6. The van der Waals surface area contributed by atoms with Crippen molar-refractivity contribution in [3.8, 4) is 11.5 Å². The van der Waals surface area contributed by atoms with E-state index in [9.17, 15) is 4.79 Å².